The minimum absolute atomic E-state index is 0.0421. The van der Waals surface area contributed by atoms with Crippen molar-refractivity contribution in [2.24, 2.45) is 0 Å². The Morgan fingerprint density at radius 2 is 1.53 bits per heavy atom. The van der Waals surface area contributed by atoms with Crippen LogP contribution in [0.3, 0.4) is 0 Å². The zero-order valence-electron chi connectivity index (χ0n) is 32.8. The molecule has 0 spiro atoms. The molecule has 0 unspecified atom stereocenters. The maximum absolute atomic E-state index is 15.1. The molecule has 5 aromatic rings. The third-order valence-corrected chi connectivity index (χ3v) is 11.7. The van der Waals surface area contributed by atoms with Crippen LogP contribution in [-0.4, -0.2) is 94.8 Å². The molecule has 3 aliphatic heterocycles. The van der Waals surface area contributed by atoms with Crippen molar-refractivity contribution in [1.82, 2.24) is 19.3 Å². The lowest BCUT2D eigenvalue weighted by Gasteiger charge is -2.36. The molecule has 11 nitrogen and oxygen atoms in total. The highest BCUT2D eigenvalue weighted by atomic mass is 16.6. The standard InChI is InChI=1S/C46H49N5O6/c1-31-25-33-9-7-8-10-35(33)30-51(31)45(54)42-27-36-29-49(46(55)57-39-11-5-4-6-12-39)18-17-34(36)26-41(42)43-28-40(44(53)47(3)37-13-15-38(52)16-14-37)32(2)50(43)20-19-48-21-23-56-24-22-48/h4-16,26-28,31,52H,17-25,29-30H2,1-3H3/t31-/m1/s1. The van der Waals surface area contributed by atoms with Crippen LogP contribution in [-0.2, 0) is 37.2 Å². The van der Waals surface area contributed by atoms with Gasteiger partial charge in [-0.2, -0.15) is 0 Å². The lowest BCUT2D eigenvalue weighted by molar-refractivity contribution is 0.0364. The van der Waals surface area contributed by atoms with E-state index in [1.165, 1.54) is 5.56 Å². The molecule has 1 aromatic heterocycles. The van der Waals surface area contributed by atoms with E-state index in [0.29, 0.717) is 68.4 Å². The van der Waals surface area contributed by atoms with Crippen molar-refractivity contribution >= 4 is 23.6 Å². The zero-order valence-corrected chi connectivity index (χ0v) is 32.8. The van der Waals surface area contributed by atoms with E-state index in [0.717, 1.165) is 59.7 Å². The van der Waals surface area contributed by atoms with Crippen molar-refractivity contribution in [2.75, 3.05) is 51.3 Å². The first-order valence-electron chi connectivity index (χ1n) is 19.8. The summed E-state index contributed by atoms with van der Waals surface area (Å²) >= 11 is 0. The molecule has 8 rings (SSSR count). The number of phenolic OH excluding ortho intramolecular Hbond substituents is 1. The average Bonchev–Trinajstić information content (AvgIpc) is 3.57. The molecule has 57 heavy (non-hydrogen) atoms. The molecule has 4 aromatic carbocycles. The van der Waals surface area contributed by atoms with Crippen LogP contribution in [0.1, 0.15) is 55.6 Å². The molecule has 4 heterocycles. The fourth-order valence-corrected chi connectivity index (χ4v) is 8.33. The molecular weight excluding hydrogens is 719 g/mol. The Balaban J connectivity index is 1.21. The summed E-state index contributed by atoms with van der Waals surface area (Å²) in [6, 6.07) is 29.9. The zero-order chi connectivity index (χ0) is 39.6. The number of aromatic nitrogens is 1. The van der Waals surface area contributed by atoms with Gasteiger partial charge in [-0.05, 0) is 104 Å². The van der Waals surface area contributed by atoms with E-state index in [-0.39, 0.29) is 23.6 Å². The van der Waals surface area contributed by atoms with Gasteiger partial charge in [-0.25, -0.2) is 4.79 Å². The molecule has 1 fully saturated rings. The number of carbonyl (C=O) groups excluding carboxylic acids is 3. The molecule has 11 heteroatoms. The van der Waals surface area contributed by atoms with Crippen LogP contribution in [0.5, 0.6) is 11.5 Å². The van der Waals surface area contributed by atoms with Gasteiger partial charge in [0.15, 0.2) is 0 Å². The van der Waals surface area contributed by atoms with Gasteiger partial charge >= 0.3 is 6.09 Å². The van der Waals surface area contributed by atoms with E-state index in [1.807, 2.05) is 54.3 Å². The summed E-state index contributed by atoms with van der Waals surface area (Å²) in [5.41, 5.74) is 8.42. The maximum atomic E-state index is 15.1. The maximum Gasteiger partial charge on any atom is 0.415 e. The Hall–Kier alpha value is -5.91. The fraction of sp³-hybridized carbons (Fsp3) is 0.326. The summed E-state index contributed by atoms with van der Waals surface area (Å²) in [5, 5.41) is 9.91. The Morgan fingerprint density at radius 1 is 0.807 bits per heavy atom. The molecule has 0 bridgehead atoms. The van der Waals surface area contributed by atoms with Crippen LogP contribution >= 0.6 is 0 Å². The van der Waals surface area contributed by atoms with Gasteiger partial charge in [0.05, 0.1) is 18.8 Å². The molecule has 1 atom stereocenters. The summed E-state index contributed by atoms with van der Waals surface area (Å²) in [4.78, 5) is 50.4. The molecule has 3 amide bonds. The number of phenols is 1. The van der Waals surface area contributed by atoms with Crippen molar-refractivity contribution in [3.05, 3.63) is 136 Å². The monoisotopic (exact) mass is 767 g/mol. The normalized spacial score (nSPS) is 16.8. The SMILES string of the molecule is Cc1c(C(=O)N(C)c2ccc(O)cc2)cc(-c2cc3c(cc2C(=O)N2Cc4ccccc4C[C@H]2C)CN(C(=O)Oc2ccccc2)CC3)n1CCN1CCOCC1. The van der Waals surface area contributed by atoms with E-state index < -0.39 is 6.09 Å². The highest BCUT2D eigenvalue weighted by Gasteiger charge is 2.33. The first-order valence-corrected chi connectivity index (χ1v) is 19.8. The highest BCUT2D eigenvalue weighted by Crippen LogP contribution is 2.36. The quantitative estimate of drug-likeness (QED) is 0.183. The number of carbonyl (C=O) groups is 3. The number of aromatic hydroxyl groups is 1. The number of rotatable bonds is 8. The van der Waals surface area contributed by atoms with Crippen LogP contribution in [0.25, 0.3) is 11.3 Å². The number of benzene rings is 4. The van der Waals surface area contributed by atoms with Crippen molar-refractivity contribution < 1.29 is 29.0 Å². The Kier molecular flexibility index (Phi) is 10.9. The molecule has 0 aliphatic carbocycles. The van der Waals surface area contributed by atoms with E-state index in [4.69, 9.17) is 9.47 Å². The van der Waals surface area contributed by atoms with Crippen LogP contribution in [0.15, 0.2) is 97.1 Å². The Bertz CT molecular complexity index is 2280. The van der Waals surface area contributed by atoms with Gasteiger partial charge < -0.3 is 33.8 Å². The molecular formula is C46H49N5O6. The van der Waals surface area contributed by atoms with E-state index >= 15 is 4.79 Å². The number of amides is 3. The van der Waals surface area contributed by atoms with E-state index in [1.54, 1.807) is 53.2 Å². The van der Waals surface area contributed by atoms with Gasteiger partial charge in [-0.15, -0.1) is 0 Å². The first-order chi connectivity index (χ1) is 27.6. The van der Waals surface area contributed by atoms with Gasteiger partial charge in [0.25, 0.3) is 11.8 Å². The lowest BCUT2D eigenvalue weighted by atomic mass is 9.90. The average molecular weight is 768 g/mol. The van der Waals surface area contributed by atoms with Crippen molar-refractivity contribution in [3.8, 4) is 22.8 Å². The van der Waals surface area contributed by atoms with Gasteiger partial charge in [0.2, 0.25) is 0 Å². The number of anilines is 1. The molecule has 1 N–H and O–H groups in total. The number of morpholine rings is 1. The molecule has 1 saturated heterocycles. The Morgan fingerprint density at radius 3 is 2.28 bits per heavy atom. The number of ether oxygens (including phenoxy) is 2. The largest absolute Gasteiger partial charge is 0.508 e. The second-order valence-corrected chi connectivity index (χ2v) is 15.3. The van der Waals surface area contributed by atoms with Gasteiger partial charge in [-0.1, -0.05) is 42.5 Å². The van der Waals surface area contributed by atoms with Crippen molar-refractivity contribution in [1.29, 1.82) is 0 Å². The summed E-state index contributed by atoms with van der Waals surface area (Å²) in [6.07, 6.45) is 0.897. The predicted molar refractivity (Wildman–Crippen MR) is 219 cm³/mol. The summed E-state index contributed by atoms with van der Waals surface area (Å²) in [5.74, 6) is 0.323. The number of hydrogen-bond donors (Lipinski definition) is 1. The predicted octanol–water partition coefficient (Wildman–Crippen LogP) is 6.92. The van der Waals surface area contributed by atoms with Crippen LogP contribution in [0.4, 0.5) is 10.5 Å². The fourth-order valence-electron chi connectivity index (χ4n) is 8.33. The number of para-hydroxylation sites is 1. The number of fused-ring (bicyclic) bond motifs is 2. The van der Waals surface area contributed by atoms with Gasteiger partial charge in [-0.3, -0.25) is 14.5 Å². The Labute approximate surface area is 333 Å². The van der Waals surface area contributed by atoms with E-state index in [9.17, 15) is 14.7 Å². The second-order valence-electron chi connectivity index (χ2n) is 15.3. The summed E-state index contributed by atoms with van der Waals surface area (Å²) in [7, 11) is 1.73. The molecule has 294 valence electrons. The third kappa shape index (κ3) is 7.90. The second kappa shape index (κ2) is 16.3. The molecule has 0 radical (unpaired) electrons. The van der Waals surface area contributed by atoms with Crippen LogP contribution < -0.4 is 9.64 Å². The van der Waals surface area contributed by atoms with E-state index in [2.05, 4.69) is 34.6 Å². The summed E-state index contributed by atoms with van der Waals surface area (Å²) in [6.45, 7) is 9.68. The highest BCUT2D eigenvalue weighted by molar-refractivity contribution is 6.08. The van der Waals surface area contributed by atoms with Crippen molar-refractivity contribution in [2.45, 2.75) is 52.4 Å². The topological polar surface area (TPSA) is 108 Å². The lowest BCUT2D eigenvalue weighted by Crippen LogP contribution is -2.43. The number of nitrogens with zero attached hydrogens (tertiary/aromatic N) is 5. The van der Waals surface area contributed by atoms with Gasteiger partial charge in [0.1, 0.15) is 11.5 Å². The minimum Gasteiger partial charge on any atom is -0.508 e. The third-order valence-electron chi connectivity index (χ3n) is 11.7. The molecule has 0 saturated carbocycles. The smallest absolute Gasteiger partial charge is 0.415 e. The minimum atomic E-state index is -0.432. The summed E-state index contributed by atoms with van der Waals surface area (Å²) < 4.78 is 13.5. The van der Waals surface area contributed by atoms with Crippen molar-refractivity contribution in [3.63, 3.8) is 0 Å². The van der Waals surface area contributed by atoms with Crippen LogP contribution in [0, 0.1) is 6.92 Å². The van der Waals surface area contributed by atoms with Crippen LogP contribution in [0.2, 0.25) is 0 Å². The molecule has 3 aliphatic rings. The van der Waals surface area contributed by atoms with Gasteiger partial charge in [0, 0.05) is 87.1 Å². The number of hydrogen-bond acceptors (Lipinski definition) is 7. The first kappa shape index (κ1) is 38.0.